The number of sulfonamides is 1. The van der Waals surface area contributed by atoms with Crippen LogP contribution >= 0.6 is 11.6 Å². The van der Waals surface area contributed by atoms with Gasteiger partial charge >= 0.3 is 0 Å². The lowest BCUT2D eigenvalue weighted by molar-refractivity contribution is -0.139. The minimum absolute atomic E-state index is 0.0103. The molecule has 0 aliphatic carbocycles. The average molecular weight is 620 g/mol. The van der Waals surface area contributed by atoms with Crippen molar-refractivity contribution in [1.82, 2.24) is 10.2 Å². The molecule has 4 rings (SSSR count). The molecule has 0 saturated heterocycles. The van der Waals surface area contributed by atoms with Crippen LogP contribution < -0.4 is 14.4 Å². The number of likely N-dealkylation sites (N-methyl/N-ethyl adjacent to an activating group) is 1. The predicted octanol–water partition coefficient (Wildman–Crippen LogP) is 5.24. The maximum atomic E-state index is 14.4. The van der Waals surface area contributed by atoms with Gasteiger partial charge in [0.15, 0.2) is 0 Å². The number of anilines is 1. The predicted molar refractivity (Wildman–Crippen MR) is 169 cm³/mol. The fourth-order valence-corrected chi connectivity index (χ4v) is 6.39. The molecule has 1 N–H and O–H groups in total. The van der Waals surface area contributed by atoms with Crippen molar-refractivity contribution in [2.24, 2.45) is 0 Å². The Bertz CT molecular complexity index is 1670. The number of aryl methyl sites for hydroxylation is 1. The van der Waals surface area contributed by atoms with Gasteiger partial charge < -0.3 is 15.0 Å². The van der Waals surface area contributed by atoms with Gasteiger partial charge in [-0.3, -0.25) is 13.9 Å². The van der Waals surface area contributed by atoms with Gasteiger partial charge in [-0.2, -0.15) is 0 Å². The van der Waals surface area contributed by atoms with Crippen molar-refractivity contribution in [3.63, 3.8) is 0 Å². The van der Waals surface area contributed by atoms with E-state index in [1.807, 2.05) is 37.3 Å². The van der Waals surface area contributed by atoms with Gasteiger partial charge in [0.05, 0.1) is 17.7 Å². The van der Waals surface area contributed by atoms with Crippen molar-refractivity contribution >= 4 is 39.1 Å². The summed E-state index contributed by atoms with van der Waals surface area (Å²) in [6.45, 7) is 1.21. The lowest BCUT2D eigenvalue weighted by Crippen LogP contribution is -2.53. The summed E-state index contributed by atoms with van der Waals surface area (Å²) in [5.41, 5.74) is 2.43. The van der Waals surface area contributed by atoms with Gasteiger partial charge in [0, 0.05) is 25.0 Å². The van der Waals surface area contributed by atoms with E-state index in [0.29, 0.717) is 10.6 Å². The Hall–Kier alpha value is -4.34. The summed E-state index contributed by atoms with van der Waals surface area (Å²) in [5, 5.41) is 3.09. The van der Waals surface area contributed by atoms with Gasteiger partial charge in [-0.05, 0) is 53.9 Å². The number of rotatable bonds is 12. The van der Waals surface area contributed by atoms with Gasteiger partial charge in [-0.15, -0.1) is 0 Å². The number of hydrogen-bond donors (Lipinski definition) is 1. The molecule has 8 nitrogen and oxygen atoms in total. The zero-order valence-electron chi connectivity index (χ0n) is 24.2. The van der Waals surface area contributed by atoms with Crippen LogP contribution in [0.5, 0.6) is 5.75 Å². The lowest BCUT2D eigenvalue weighted by atomic mass is 10.0. The Morgan fingerprint density at radius 2 is 1.53 bits per heavy atom. The van der Waals surface area contributed by atoms with Crippen molar-refractivity contribution in [2.75, 3.05) is 25.0 Å². The normalized spacial score (nSPS) is 11.8. The summed E-state index contributed by atoms with van der Waals surface area (Å²) in [7, 11) is -1.30. The SMILES string of the molecule is CNC(=O)[C@H](Cc1ccccc1)N(Cc1ccccc1Cl)C(=O)CN(c1cc(C)ccc1OC)S(=O)(=O)c1ccccc1. The molecule has 0 aliphatic heterocycles. The molecule has 4 aromatic carbocycles. The number of benzene rings is 4. The molecule has 0 heterocycles. The molecule has 0 radical (unpaired) electrons. The second-order valence-electron chi connectivity index (χ2n) is 9.93. The molecule has 43 heavy (non-hydrogen) atoms. The smallest absolute Gasteiger partial charge is 0.264 e. The number of nitrogens with zero attached hydrogens (tertiary/aromatic N) is 2. The van der Waals surface area contributed by atoms with E-state index < -0.39 is 34.4 Å². The Balaban J connectivity index is 1.84. The van der Waals surface area contributed by atoms with Gasteiger partial charge in [0.1, 0.15) is 18.3 Å². The molecule has 0 spiro atoms. The van der Waals surface area contributed by atoms with Crippen LogP contribution in [0.15, 0.2) is 108 Å². The first-order chi connectivity index (χ1) is 20.6. The van der Waals surface area contributed by atoms with Crippen LogP contribution in [-0.4, -0.2) is 51.9 Å². The molecule has 4 aromatic rings. The number of amides is 2. The second-order valence-corrected chi connectivity index (χ2v) is 12.2. The van der Waals surface area contributed by atoms with Gasteiger partial charge in [0.2, 0.25) is 11.8 Å². The molecule has 0 aromatic heterocycles. The molecule has 10 heteroatoms. The maximum absolute atomic E-state index is 14.4. The quantitative estimate of drug-likeness (QED) is 0.234. The van der Waals surface area contributed by atoms with Crippen LogP contribution in [0, 0.1) is 6.92 Å². The summed E-state index contributed by atoms with van der Waals surface area (Å²) in [6, 6.07) is 28.4. The topological polar surface area (TPSA) is 96.0 Å². The van der Waals surface area contributed by atoms with Gasteiger partial charge in [-0.25, -0.2) is 8.42 Å². The molecule has 224 valence electrons. The molecule has 0 aliphatic rings. The number of hydrogen-bond acceptors (Lipinski definition) is 5. The van der Waals surface area contributed by atoms with Gasteiger partial charge in [-0.1, -0.05) is 84.4 Å². The molecular weight excluding hydrogens is 586 g/mol. The number of carbonyl (C=O) groups is 2. The van der Waals surface area contributed by atoms with Crippen molar-refractivity contribution in [3.05, 3.63) is 125 Å². The number of carbonyl (C=O) groups excluding carboxylic acids is 2. The van der Waals surface area contributed by atoms with E-state index in [2.05, 4.69) is 5.32 Å². The maximum Gasteiger partial charge on any atom is 0.264 e. The molecule has 0 bridgehead atoms. The van der Waals surface area contributed by atoms with E-state index in [4.69, 9.17) is 16.3 Å². The van der Waals surface area contributed by atoms with Crippen molar-refractivity contribution in [2.45, 2.75) is 30.8 Å². The second kappa shape index (κ2) is 14.2. The summed E-state index contributed by atoms with van der Waals surface area (Å²) in [5.74, 6) is -0.704. The third-order valence-corrected chi connectivity index (χ3v) is 9.17. The van der Waals surface area contributed by atoms with Crippen molar-refractivity contribution in [1.29, 1.82) is 0 Å². The molecule has 0 unspecified atom stereocenters. The zero-order chi connectivity index (χ0) is 31.0. The van der Waals surface area contributed by atoms with Crippen molar-refractivity contribution in [3.8, 4) is 5.75 Å². The lowest BCUT2D eigenvalue weighted by Gasteiger charge is -2.34. The molecule has 2 amide bonds. The van der Waals surface area contributed by atoms with Crippen LogP contribution in [-0.2, 0) is 32.6 Å². The highest BCUT2D eigenvalue weighted by Crippen LogP contribution is 2.34. The molecule has 0 saturated carbocycles. The Kier molecular flexibility index (Phi) is 10.4. The Labute approximate surface area is 257 Å². The fourth-order valence-electron chi connectivity index (χ4n) is 4.76. The molecule has 1 atom stereocenters. The number of ether oxygens (including phenoxy) is 1. The van der Waals surface area contributed by atoms with Crippen molar-refractivity contribution < 1.29 is 22.7 Å². The number of methoxy groups -OCH3 is 1. The third-order valence-electron chi connectivity index (χ3n) is 7.03. The summed E-state index contributed by atoms with van der Waals surface area (Å²) in [6.07, 6.45) is 0.204. The third kappa shape index (κ3) is 7.55. The van der Waals surface area contributed by atoms with E-state index in [9.17, 15) is 18.0 Å². The number of halogens is 1. The van der Waals surface area contributed by atoms with E-state index in [1.165, 1.54) is 31.2 Å². The largest absolute Gasteiger partial charge is 0.495 e. The highest BCUT2D eigenvalue weighted by atomic mass is 35.5. The van der Waals surface area contributed by atoms with E-state index in [1.54, 1.807) is 60.7 Å². The standard InChI is InChI=1S/C33H34ClN3O5S/c1-24-18-19-31(42-3)29(20-24)37(43(40,41)27-15-8-5-9-16-27)23-32(38)36(22-26-14-10-11-17-28(26)34)30(33(39)35-2)21-25-12-6-4-7-13-25/h4-20,30H,21-23H2,1-3H3,(H,35,39)/t30-/m0/s1. The Morgan fingerprint density at radius 3 is 2.16 bits per heavy atom. The monoisotopic (exact) mass is 619 g/mol. The molecular formula is C33H34ClN3O5S. The van der Waals surface area contributed by atoms with E-state index >= 15 is 0 Å². The van der Waals surface area contributed by atoms with Crippen LogP contribution in [0.1, 0.15) is 16.7 Å². The highest BCUT2D eigenvalue weighted by molar-refractivity contribution is 7.92. The fraction of sp³-hybridized carbons (Fsp3) is 0.212. The molecule has 0 fully saturated rings. The van der Waals surface area contributed by atoms with Crippen LogP contribution in [0.3, 0.4) is 0 Å². The van der Waals surface area contributed by atoms with Crippen LogP contribution in [0.2, 0.25) is 5.02 Å². The first-order valence-corrected chi connectivity index (χ1v) is 15.5. The van der Waals surface area contributed by atoms with Gasteiger partial charge in [0.25, 0.3) is 10.0 Å². The minimum Gasteiger partial charge on any atom is -0.495 e. The van der Waals surface area contributed by atoms with E-state index in [0.717, 1.165) is 15.4 Å². The first kappa shape index (κ1) is 31.6. The minimum atomic E-state index is -4.24. The summed E-state index contributed by atoms with van der Waals surface area (Å²) < 4.78 is 34.8. The van der Waals surface area contributed by atoms with E-state index in [-0.39, 0.29) is 29.3 Å². The van der Waals surface area contributed by atoms with Crippen LogP contribution in [0.25, 0.3) is 0 Å². The first-order valence-electron chi connectivity index (χ1n) is 13.7. The van der Waals surface area contributed by atoms with Crippen LogP contribution in [0.4, 0.5) is 5.69 Å². The zero-order valence-corrected chi connectivity index (χ0v) is 25.8. The Morgan fingerprint density at radius 1 is 0.907 bits per heavy atom. The number of nitrogens with one attached hydrogen (secondary N) is 1. The average Bonchev–Trinajstić information content (AvgIpc) is 3.02. The summed E-state index contributed by atoms with van der Waals surface area (Å²) >= 11 is 6.50. The highest BCUT2D eigenvalue weighted by Gasteiger charge is 2.35. The summed E-state index contributed by atoms with van der Waals surface area (Å²) in [4.78, 5) is 29.2.